The molecule has 0 unspecified atom stereocenters. The molecule has 0 aliphatic rings. The van der Waals surface area contributed by atoms with Gasteiger partial charge in [-0.25, -0.2) is 0 Å². The Morgan fingerprint density at radius 2 is 0.600 bits per heavy atom. The highest BCUT2D eigenvalue weighted by molar-refractivity contribution is 5.71. The van der Waals surface area contributed by atoms with Crippen molar-refractivity contribution in [1.29, 1.82) is 0 Å². The lowest BCUT2D eigenvalue weighted by atomic mass is 10.1. The van der Waals surface area contributed by atoms with Gasteiger partial charge in [0.25, 0.3) is 0 Å². The maximum absolute atomic E-state index is 12.8. The predicted octanol–water partition coefficient (Wildman–Crippen LogP) is 18.0. The summed E-state index contributed by atoms with van der Waals surface area (Å²) in [5.41, 5.74) is 0. The highest BCUT2D eigenvalue weighted by Crippen LogP contribution is 2.14. The number of hydrogen-bond acceptors (Lipinski definition) is 6. The molecule has 0 amide bonds. The number of carbonyl (C=O) groups is 3. The van der Waals surface area contributed by atoms with Crippen LogP contribution in [0.2, 0.25) is 0 Å². The largest absolute Gasteiger partial charge is 0.462 e. The molecule has 0 aromatic carbocycles. The van der Waals surface area contributed by atoms with Gasteiger partial charge in [0.2, 0.25) is 0 Å². The van der Waals surface area contributed by atoms with E-state index in [4.69, 9.17) is 14.2 Å². The van der Waals surface area contributed by atoms with Crippen molar-refractivity contribution >= 4 is 17.9 Å². The molecule has 1 atom stereocenters. The molecule has 0 N–H and O–H groups in total. The summed E-state index contributed by atoms with van der Waals surface area (Å²) in [6, 6.07) is 0. The zero-order valence-electron chi connectivity index (χ0n) is 42.5. The summed E-state index contributed by atoms with van der Waals surface area (Å²) in [6.45, 7) is 6.44. The van der Waals surface area contributed by atoms with E-state index >= 15 is 0 Å². The van der Waals surface area contributed by atoms with Crippen LogP contribution in [-0.2, 0) is 28.6 Å². The predicted molar refractivity (Wildman–Crippen MR) is 279 cm³/mol. The van der Waals surface area contributed by atoms with Crippen molar-refractivity contribution in [3.8, 4) is 0 Å². The molecule has 6 heteroatoms. The molecule has 0 aliphatic heterocycles. The second-order valence-corrected chi connectivity index (χ2v) is 17.7. The molecule has 0 saturated carbocycles. The van der Waals surface area contributed by atoms with Crippen molar-refractivity contribution in [3.05, 3.63) is 85.1 Å². The van der Waals surface area contributed by atoms with Gasteiger partial charge in [-0.1, -0.05) is 202 Å². The minimum Gasteiger partial charge on any atom is -0.462 e. The fraction of sp³-hybridized carbons (Fsp3) is 0.712. The number of carbonyl (C=O) groups excluding carboxylic acids is 3. The van der Waals surface area contributed by atoms with Gasteiger partial charge in [-0.2, -0.15) is 0 Å². The van der Waals surface area contributed by atoms with E-state index in [0.717, 1.165) is 135 Å². The van der Waals surface area contributed by atoms with Gasteiger partial charge in [0.1, 0.15) is 13.2 Å². The lowest BCUT2D eigenvalue weighted by molar-refractivity contribution is -0.167. The maximum atomic E-state index is 12.8. The third-order valence-corrected chi connectivity index (χ3v) is 11.4. The van der Waals surface area contributed by atoms with Gasteiger partial charge >= 0.3 is 17.9 Å². The van der Waals surface area contributed by atoms with E-state index in [-0.39, 0.29) is 31.1 Å². The minimum absolute atomic E-state index is 0.0932. The first-order valence-electron chi connectivity index (χ1n) is 27.1. The number of unbranched alkanes of at least 4 members (excludes halogenated alkanes) is 23. The Morgan fingerprint density at radius 3 is 0.938 bits per heavy atom. The maximum Gasteiger partial charge on any atom is 0.306 e. The van der Waals surface area contributed by atoms with Crippen LogP contribution in [0.25, 0.3) is 0 Å². The quantitative estimate of drug-likeness (QED) is 0.0262. The first kappa shape index (κ1) is 61.6. The molecule has 0 aliphatic carbocycles. The van der Waals surface area contributed by atoms with Crippen LogP contribution in [0, 0.1) is 0 Å². The van der Waals surface area contributed by atoms with Crippen molar-refractivity contribution in [2.45, 2.75) is 258 Å². The smallest absolute Gasteiger partial charge is 0.306 e. The van der Waals surface area contributed by atoms with Gasteiger partial charge in [0.05, 0.1) is 0 Å². The number of rotatable bonds is 48. The van der Waals surface area contributed by atoms with Crippen molar-refractivity contribution < 1.29 is 28.6 Å². The Morgan fingerprint density at radius 1 is 0.323 bits per heavy atom. The van der Waals surface area contributed by atoms with Gasteiger partial charge < -0.3 is 14.2 Å². The van der Waals surface area contributed by atoms with Gasteiger partial charge in [-0.05, 0) is 116 Å². The topological polar surface area (TPSA) is 78.9 Å². The van der Waals surface area contributed by atoms with E-state index in [1.807, 2.05) is 0 Å². The molecule has 0 saturated heterocycles. The third kappa shape index (κ3) is 51.4. The van der Waals surface area contributed by atoms with Crippen molar-refractivity contribution in [2.75, 3.05) is 13.2 Å². The first-order chi connectivity index (χ1) is 32.0. The van der Waals surface area contributed by atoms with Gasteiger partial charge in [-0.15, -0.1) is 0 Å². The number of ether oxygens (including phenoxy) is 3. The van der Waals surface area contributed by atoms with Crippen molar-refractivity contribution in [3.63, 3.8) is 0 Å². The Kier molecular flexibility index (Phi) is 50.4. The standard InChI is InChI=1S/C59H100O6/c1-4-7-10-13-16-19-22-25-28-29-32-35-38-41-44-47-50-53-59(62)65-56(54-63-57(60)51-48-45-42-39-36-33-30-26-23-20-17-14-11-8-5-2)55-64-58(61)52-49-46-43-40-37-34-31-27-24-21-18-15-12-9-6-3/h8,11,16-21,25-28,30-31,56H,4-7,9-10,12-15,22-24,29,32-55H2,1-3H3/b11-8-,19-16-,20-17-,21-18-,28-25-,30-26-,31-27-/t56-/m1/s1. The zero-order valence-corrected chi connectivity index (χ0v) is 42.5. The lowest BCUT2D eigenvalue weighted by Gasteiger charge is -2.18. The number of hydrogen-bond donors (Lipinski definition) is 0. The molecule has 6 nitrogen and oxygen atoms in total. The SMILES string of the molecule is CC/C=C\C/C=C\C/C=C\CCCCCCCC(=O)OC[C@H](COC(=O)CCCCCCC/C=C\C/C=C\CCCCC)OC(=O)CCCCCCCCC/C=C\C/C=C\CCCCC. The molecule has 0 radical (unpaired) electrons. The van der Waals surface area contributed by atoms with Crippen LogP contribution in [-0.4, -0.2) is 37.2 Å². The summed E-state index contributed by atoms with van der Waals surface area (Å²) in [6.07, 6.45) is 68.4. The van der Waals surface area contributed by atoms with E-state index in [1.165, 1.54) is 77.0 Å². The summed E-state index contributed by atoms with van der Waals surface area (Å²) in [4.78, 5) is 38.1. The normalized spacial score (nSPS) is 12.7. The van der Waals surface area contributed by atoms with Gasteiger partial charge in [0, 0.05) is 19.3 Å². The Balaban J connectivity index is 4.45. The van der Waals surface area contributed by atoms with Crippen LogP contribution in [0.5, 0.6) is 0 Å². The Hall–Kier alpha value is -3.41. The monoisotopic (exact) mass is 905 g/mol. The molecular formula is C59H100O6. The fourth-order valence-electron chi connectivity index (χ4n) is 7.28. The average Bonchev–Trinajstić information content (AvgIpc) is 3.30. The molecule has 0 fully saturated rings. The lowest BCUT2D eigenvalue weighted by Crippen LogP contribution is -2.30. The molecule has 65 heavy (non-hydrogen) atoms. The third-order valence-electron chi connectivity index (χ3n) is 11.4. The minimum atomic E-state index is -0.794. The second-order valence-electron chi connectivity index (χ2n) is 17.7. The molecule has 0 heterocycles. The Labute approximate surface area is 401 Å². The molecule has 0 spiro atoms. The van der Waals surface area contributed by atoms with Gasteiger partial charge in [0.15, 0.2) is 6.10 Å². The number of allylic oxidation sites excluding steroid dienone is 14. The van der Waals surface area contributed by atoms with Crippen LogP contribution in [0.4, 0.5) is 0 Å². The van der Waals surface area contributed by atoms with Crippen LogP contribution in [0.15, 0.2) is 85.1 Å². The highest BCUT2D eigenvalue weighted by atomic mass is 16.6. The Bertz CT molecular complexity index is 1270. The van der Waals surface area contributed by atoms with Crippen molar-refractivity contribution in [2.24, 2.45) is 0 Å². The van der Waals surface area contributed by atoms with E-state index in [2.05, 4.69) is 106 Å². The first-order valence-corrected chi connectivity index (χ1v) is 27.1. The average molecular weight is 905 g/mol. The fourth-order valence-corrected chi connectivity index (χ4v) is 7.28. The molecule has 372 valence electrons. The molecule has 0 aromatic heterocycles. The summed E-state index contributed by atoms with van der Waals surface area (Å²) < 4.78 is 16.8. The second kappa shape index (κ2) is 53.2. The van der Waals surface area contributed by atoms with Crippen molar-refractivity contribution in [1.82, 2.24) is 0 Å². The van der Waals surface area contributed by atoms with E-state index in [1.54, 1.807) is 0 Å². The molecule has 0 rings (SSSR count). The molecule has 0 bridgehead atoms. The van der Waals surface area contributed by atoms with Gasteiger partial charge in [-0.3, -0.25) is 14.4 Å². The van der Waals surface area contributed by atoms with Crippen LogP contribution in [0.3, 0.4) is 0 Å². The van der Waals surface area contributed by atoms with E-state index in [9.17, 15) is 14.4 Å². The number of esters is 3. The van der Waals surface area contributed by atoms with E-state index in [0.29, 0.717) is 19.3 Å². The summed E-state index contributed by atoms with van der Waals surface area (Å²) >= 11 is 0. The summed E-state index contributed by atoms with van der Waals surface area (Å²) in [5.74, 6) is -0.929. The van der Waals surface area contributed by atoms with E-state index < -0.39 is 6.10 Å². The summed E-state index contributed by atoms with van der Waals surface area (Å²) in [7, 11) is 0. The highest BCUT2D eigenvalue weighted by Gasteiger charge is 2.19. The molecular weight excluding hydrogens is 805 g/mol. The zero-order chi connectivity index (χ0) is 47.2. The summed E-state index contributed by atoms with van der Waals surface area (Å²) in [5, 5.41) is 0. The van der Waals surface area contributed by atoms with Crippen LogP contribution < -0.4 is 0 Å². The molecule has 0 aromatic rings. The van der Waals surface area contributed by atoms with Crippen LogP contribution in [0.1, 0.15) is 252 Å². The van der Waals surface area contributed by atoms with Crippen LogP contribution >= 0.6 is 0 Å².